The molecule has 1 saturated heterocycles. The van der Waals surface area contributed by atoms with Crippen molar-refractivity contribution >= 4 is 5.96 Å². The van der Waals surface area contributed by atoms with Gasteiger partial charge in [0.15, 0.2) is 5.96 Å². The Bertz CT molecular complexity index is 505. The van der Waals surface area contributed by atoms with Gasteiger partial charge in [0.25, 0.3) is 0 Å². The number of ether oxygens (including phenoxy) is 1. The third kappa shape index (κ3) is 5.41. The van der Waals surface area contributed by atoms with Gasteiger partial charge in [-0.2, -0.15) is 0 Å². The van der Waals surface area contributed by atoms with Crippen LogP contribution in [-0.2, 0) is 0 Å². The van der Waals surface area contributed by atoms with Crippen LogP contribution in [0.4, 0.5) is 0 Å². The molecule has 1 heterocycles. The van der Waals surface area contributed by atoms with Crippen LogP contribution in [0.5, 0.6) is 5.75 Å². The molecule has 24 heavy (non-hydrogen) atoms. The molecule has 5 heteroatoms. The van der Waals surface area contributed by atoms with Gasteiger partial charge in [0, 0.05) is 26.7 Å². The fourth-order valence-corrected chi connectivity index (χ4v) is 3.31. The van der Waals surface area contributed by atoms with Crippen molar-refractivity contribution in [3.63, 3.8) is 0 Å². The van der Waals surface area contributed by atoms with Crippen molar-refractivity contribution in [1.29, 1.82) is 0 Å². The van der Waals surface area contributed by atoms with Crippen molar-refractivity contribution in [2.45, 2.75) is 38.8 Å². The third-order valence-electron chi connectivity index (χ3n) is 4.59. The van der Waals surface area contributed by atoms with Gasteiger partial charge in [-0.15, -0.1) is 0 Å². The number of likely N-dealkylation sites (tertiary alicyclic amines) is 1. The van der Waals surface area contributed by atoms with Gasteiger partial charge in [0.1, 0.15) is 11.9 Å². The van der Waals surface area contributed by atoms with E-state index in [0.29, 0.717) is 6.04 Å². The van der Waals surface area contributed by atoms with Crippen LogP contribution in [-0.4, -0.2) is 68.2 Å². The van der Waals surface area contributed by atoms with Gasteiger partial charge in [-0.3, -0.25) is 9.89 Å². The highest BCUT2D eigenvalue weighted by atomic mass is 16.5. The lowest BCUT2D eigenvalue weighted by molar-refractivity contribution is 0.217. The van der Waals surface area contributed by atoms with Gasteiger partial charge in [-0.05, 0) is 45.0 Å². The number of hydrogen-bond donors (Lipinski definition) is 1. The summed E-state index contributed by atoms with van der Waals surface area (Å²) in [4.78, 5) is 9.21. The number of hydrogen-bond acceptors (Lipinski definition) is 3. The molecule has 2 rings (SSSR count). The van der Waals surface area contributed by atoms with E-state index < -0.39 is 0 Å². The first-order valence-corrected chi connectivity index (χ1v) is 9.01. The smallest absolute Gasteiger partial charge is 0.193 e. The molecule has 1 aliphatic rings. The number of aliphatic imine (C=N–C) groups is 1. The van der Waals surface area contributed by atoms with Crippen LogP contribution in [0.25, 0.3) is 0 Å². The maximum absolute atomic E-state index is 5.91. The Hall–Kier alpha value is -1.75. The summed E-state index contributed by atoms with van der Waals surface area (Å²) in [5.74, 6) is 1.83. The predicted octanol–water partition coefficient (Wildman–Crippen LogP) is 2.45. The molecule has 1 aromatic carbocycles. The molecule has 2 unspecified atom stereocenters. The molecule has 2 atom stereocenters. The minimum absolute atomic E-state index is 0.0798. The van der Waals surface area contributed by atoms with E-state index >= 15 is 0 Å². The Morgan fingerprint density at radius 3 is 2.83 bits per heavy atom. The number of nitrogens with one attached hydrogen (secondary N) is 1. The lowest BCUT2D eigenvalue weighted by Gasteiger charge is -2.30. The second-order valence-corrected chi connectivity index (χ2v) is 6.47. The molecule has 0 bridgehead atoms. The molecule has 0 spiro atoms. The molecule has 5 nitrogen and oxygen atoms in total. The minimum atomic E-state index is 0.0798. The monoisotopic (exact) mass is 332 g/mol. The van der Waals surface area contributed by atoms with E-state index in [1.54, 1.807) is 0 Å². The second-order valence-electron chi connectivity index (χ2n) is 6.47. The van der Waals surface area contributed by atoms with Crippen LogP contribution in [0, 0.1) is 0 Å². The number of likely N-dealkylation sites (N-methyl/N-ethyl adjacent to an activating group) is 2. The van der Waals surface area contributed by atoms with Crippen LogP contribution >= 0.6 is 0 Å². The lowest BCUT2D eigenvalue weighted by Crippen LogP contribution is -2.47. The average molecular weight is 332 g/mol. The normalized spacial score (nSPS) is 20.0. The van der Waals surface area contributed by atoms with Crippen molar-refractivity contribution in [2.75, 3.05) is 40.3 Å². The van der Waals surface area contributed by atoms with Crippen LogP contribution < -0.4 is 10.1 Å². The summed E-state index contributed by atoms with van der Waals surface area (Å²) in [6.07, 6.45) is 2.67. The van der Waals surface area contributed by atoms with E-state index in [1.165, 1.54) is 19.4 Å². The van der Waals surface area contributed by atoms with Crippen molar-refractivity contribution < 1.29 is 4.74 Å². The lowest BCUT2D eigenvalue weighted by atomic mass is 10.2. The van der Waals surface area contributed by atoms with E-state index in [-0.39, 0.29) is 6.10 Å². The summed E-state index contributed by atoms with van der Waals surface area (Å²) in [5, 5.41) is 3.43. The Labute approximate surface area is 146 Å². The first-order valence-electron chi connectivity index (χ1n) is 9.01. The van der Waals surface area contributed by atoms with Crippen molar-refractivity contribution in [3.05, 3.63) is 30.3 Å². The van der Waals surface area contributed by atoms with E-state index in [4.69, 9.17) is 4.74 Å². The maximum Gasteiger partial charge on any atom is 0.193 e. The minimum Gasteiger partial charge on any atom is -0.489 e. The SMILES string of the molecule is CCN1CCCC1CN(C)C(=NC)NCC(C)Oc1ccccc1. The number of nitrogens with zero attached hydrogens (tertiary/aromatic N) is 3. The Kier molecular flexibility index (Phi) is 7.37. The molecule has 0 amide bonds. The van der Waals surface area contributed by atoms with Crippen LogP contribution in [0.15, 0.2) is 35.3 Å². The van der Waals surface area contributed by atoms with Crippen LogP contribution in [0.3, 0.4) is 0 Å². The average Bonchev–Trinajstić information content (AvgIpc) is 3.03. The van der Waals surface area contributed by atoms with E-state index in [2.05, 4.69) is 41.0 Å². The summed E-state index contributed by atoms with van der Waals surface area (Å²) < 4.78 is 5.91. The van der Waals surface area contributed by atoms with E-state index in [1.807, 2.05) is 37.4 Å². The van der Waals surface area contributed by atoms with E-state index in [9.17, 15) is 0 Å². The molecule has 0 saturated carbocycles. The Morgan fingerprint density at radius 2 is 2.17 bits per heavy atom. The van der Waals surface area contributed by atoms with Gasteiger partial charge in [-0.25, -0.2) is 0 Å². The van der Waals surface area contributed by atoms with Crippen LogP contribution in [0.2, 0.25) is 0 Å². The van der Waals surface area contributed by atoms with Crippen molar-refractivity contribution in [1.82, 2.24) is 15.1 Å². The number of guanidine groups is 1. The molecular formula is C19H32N4O. The van der Waals surface area contributed by atoms with Gasteiger partial charge in [0.2, 0.25) is 0 Å². The second kappa shape index (κ2) is 9.52. The highest BCUT2D eigenvalue weighted by molar-refractivity contribution is 5.79. The number of para-hydroxylation sites is 1. The molecule has 1 aromatic rings. The molecule has 134 valence electrons. The number of benzene rings is 1. The Balaban J connectivity index is 1.78. The highest BCUT2D eigenvalue weighted by Gasteiger charge is 2.25. The first kappa shape index (κ1) is 18.6. The van der Waals surface area contributed by atoms with Crippen molar-refractivity contribution in [2.24, 2.45) is 4.99 Å². The Morgan fingerprint density at radius 1 is 1.42 bits per heavy atom. The van der Waals surface area contributed by atoms with Crippen molar-refractivity contribution in [3.8, 4) is 5.75 Å². The quantitative estimate of drug-likeness (QED) is 0.615. The molecular weight excluding hydrogens is 300 g/mol. The zero-order valence-corrected chi connectivity index (χ0v) is 15.5. The predicted molar refractivity (Wildman–Crippen MR) is 101 cm³/mol. The summed E-state index contributed by atoms with van der Waals surface area (Å²) in [6.45, 7) is 8.42. The molecule has 0 aliphatic carbocycles. The summed E-state index contributed by atoms with van der Waals surface area (Å²) in [7, 11) is 3.96. The zero-order chi connectivity index (χ0) is 17.4. The fraction of sp³-hybridized carbons (Fsp3) is 0.632. The molecule has 0 radical (unpaired) electrons. The molecule has 0 aromatic heterocycles. The highest BCUT2D eigenvalue weighted by Crippen LogP contribution is 2.17. The first-order chi connectivity index (χ1) is 11.6. The summed E-state index contributed by atoms with van der Waals surface area (Å²) in [6, 6.07) is 10.6. The molecule has 1 N–H and O–H groups in total. The van der Waals surface area contributed by atoms with Gasteiger partial charge >= 0.3 is 0 Å². The van der Waals surface area contributed by atoms with Gasteiger partial charge < -0.3 is 15.0 Å². The van der Waals surface area contributed by atoms with Crippen LogP contribution in [0.1, 0.15) is 26.7 Å². The maximum atomic E-state index is 5.91. The topological polar surface area (TPSA) is 40.1 Å². The summed E-state index contributed by atoms with van der Waals surface area (Å²) >= 11 is 0. The molecule has 1 aliphatic heterocycles. The standard InChI is InChI=1S/C19H32N4O/c1-5-23-13-9-10-17(23)15-22(4)19(20-3)21-14-16(2)24-18-11-7-6-8-12-18/h6-8,11-12,16-17H,5,9-10,13-15H2,1-4H3,(H,20,21). The van der Waals surface area contributed by atoms with Gasteiger partial charge in [-0.1, -0.05) is 25.1 Å². The summed E-state index contributed by atoms with van der Waals surface area (Å²) in [5.41, 5.74) is 0. The third-order valence-corrected chi connectivity index (χ3v) is 4.59. The number of rotatable bonds is 7. The van der Waals surface area contributed by atoms with Gasteiger partial charge in [0.05, 0.1) is 6.54 Å². The largest absolute Gasteiger partial charge is 0.489 e. The van der Waals surface area contributed by atoms with E-state index in [0.717, 1.165) is 31.3 Å². The zero-order valence-electron chi connectivity index (χ0n) is 15.5. The molecule has 1 fully saturated rings. The fourth-order valence-electron chi connectivity index (χ4n) is 3.31.